The largest absolute Gasteiger partial charge is 0.455 e. The summed E-state index contributed by atoms with van der Waals surface area (Å²) in [4.78, 5) is 10.9. The van der Waals surface area contributed by atoms with Crippen LogP contribution in [0.25, 0.3) is 0 Å². The first-order valence-corrected chi connectivity index (χ1v) is 3.99. The van der Waals surface area contributed by atoms with Gasteiger partial charge in [-0.05, 0) is 25.3 Å². The lowest BCUT2D eigenvalue weighted by molar-refractivity contribution is -0.140. The molecule has 0 N–H and O–H groups in total. The Kier molecular flexibility index (Phi) is 2.32. The molecule has 0 aromatic carbocycles. The van der Waals surface area contributed by atoms with Crippen molar-refractivity contribution in [3.63, 3.8) is 0 Å². The highest BCUT2D eigenvalue weighted by Crippen LogP contribution is 2.18. The van der Waals surface area contributed by atoms with Gasteiger partial charge in [0.1, 0.15) is 6.10 Å². The smallest absolute Gasteiger partial charge is 0.334 e. The fraction of sp³-hybridized carbons (Fsp3) is 0.667. The Bertz CT molecular complexity index is 192. The highest BCUT2D eigenvalue weighted by molar-refractivity contribution is 5.90. The van der Waals surface area contributed by atoms with Crippen LogP contribution in [0, 0.1) is 5.92 Å². The molecule has 2 heteroatoms. The van der Waals surface area contributed by atoms with E-state index in [1.807, 2.05) is 6.08 Å². The molecule has 1 aliphatic rings. The minimum absolute atomic E-state index is 0.0301. The van der Waals surface area contributed by atoms with Gasteiger partial charge in [0.2, 0.25) is 0 Å². The maximum atomic E-state index is 10.9. The van der Waals surface area contributed by atoms with Gasteiger partial charge in [0.15, 0.2) is 0 Å². The molecule has 1 heterocycles. The third kappa shape index (κ3) is 2.07. The first-order chi connectivity index (χ1) is 5.09. The molecule has 2 nitrogen and oxygen atoms in total. The van der Waals surface area contributed by atoms with Gasteiger partial charge in [0.05, 0.1) is 0 Å². The number of carbonyl (C=O) groups is 1. The molecule has 1 unspecified atom stereocenters. The molecule has 0 spiro atoms. The predicted molar refractivity (Wildman–Crippen MR) is 43.1 cm³/mol. The monoisotopic (exact) mass is 154 g/mol. The van der Waals surface area contributed by atoms with Gasteiger partial charge in [-0.1, -0.05) is 13.8 Å². The first kappa shape index (κ1) is 8.31. The number of ether oxygens (including phenoxy) is 1. The summed E-state index contributed by atoms with van der Waals surface area (Å²) in [5, 5.41) is 0. The minimum atomic E-state index is -0.157. The van der Waals surface area contributed by atoms with E-state index in [2.05, 4.69) is 13.8 Å². The summed E-state index contributed by atoms with van der Waals surface area (Å²) >= 11 is 0. The number of carbonyl (C=O) groups excluding carboxylic acids is 1. The standard InChI is InChI=1S/C9H14O2/c1-6(2)4-8-5-7(3)9(10)11-8/h5-6,8H,4H2,1-3H3. The molecular weight excluding hydrogens is 140 g/mol. The van der Waals surface area contributed by atoms with Crippen LogP contribution >= 0.6 is 0 Å². The van der Waals surface area contributed by atoms with Gasteiger partial charge >= 0.3 is 5.97 Å². The van der Waals surface area contributed by atoms with Crippen molar-refractivity contribution in [3.8, 4) is 0 Å². The molecule has 0 aromatic heterocycles. The fourth-order valence-corrected chi connectivity index (χ4v) is 1.19. The third-order valence-corrected chi connectivity index (χ3v) is 1.72. The van der Waals surface area contributed by atoms with Gasteiger partial charge < -0.3 is 4.74 Å². The Morgan fingerprint density at radius 2 is 2.27 bits per heavy atom. The summed E-state index contributed by atoms with van der Waals surface area (Å²) in [5.74, 6) is 0.422. The van der Waals surface area contributed by atoms with Crippen LogP contribution in [0.4, 0.5) is 0 Å². The van der Waals surface area contributed by atoms with Gasteiger partial charge in [-0.25, -0.2) is 4.79 Å². The quantitative estimate of drug-likeness (QED) is 0.568. The number of hydrogen-bond acceptors (Lipinski definition) is 2. The lowest BCUT2D eigenvalue weighted by Gasteiger charge is -2.09. The second-order valence-electron chi connectivity index (χ2n) is 3.42. The normalized spacial score (nSPS) is 23.8. The van der Waals surface area contributed by atoms with Crippen LogP contribution in [0.1, 0.15) is 27.2 Å². The van der Waals surface area contributed by atoms with Crippen LogP contribution in [0.5, 0.6) is 0 Å². The van der Waals surface area contributed by atoms with E-state index in [9.17, 15) is 4.79 Å². The molecule has 0 fully saturated rings. The van der Waals surface area contributed by atoms with Crippen molar-refractivity contribution >= 4 is 5.97 Å². The highest BCUT2D eigenvalue weighted by Gasteiger charge is 2.22. The second kappa shape index (κ2) is 3.07. The molecule has 1 aliphatic heterocycles. The van der Waals surface area contributed by atoms with Crippen molar-refractivity contribution in [2.75, 3.05) is 0 Å². The average Bonchev–Trinajstić information content (AvgIpc) is 2.10. The maximum Gasteiger partial charge on any atom is 0.334 e. The second-order valence-corrected chi connectivity index (χ2v) is 3.42. The number of cyclic esters (lactones) is 1. The highest BCUT2D eigenvalue weighted by atomic mass is 16.5. The Hall–Kier alpha value is -0.790. The molecule has 62 valence electrons. The van der Waals surface area contributed by atoms with Crippen molar-refractivity contribution in [3.05, 3.63) is 11.6 Å². The summed E-state index contributed by atoms with van der Waals surface area (Å²) in [5.41, 5.74) is 0.746. The zero-order valence-corrected chi connectivity index (χ0v) is 7.26. The summed E-state index contributed by atoms with van der Waals surface area (Å²) in [6.45, 7) is 6.04. The zero-order valence-electron chi connectivity index (χ0n) is 7.26. The molecule has 0 radical (unpaired) electrons. The summed E-state index contributed by atoms with van der Waals surface area (Å²) in [7, 11) is 0. The molecule has 1 rings (SSSR count). The Morgan fingerprint density at radius 1 is 1.64 bits per heavy atom. The van der Waals surface area contributed by atoms with Gasteiger partial charge in [0, 0.05) is 5.57 Å². The van der Waals surface area contributed by atoms with Crippen LogP contribution in [-0.4, -0.2) is 12.1 Å². The maximum absolute atomic E-state index is 10.9. The van der Waals surface area contributed by atoms with Crippen molar-refractivity contribution in [1.82, 2.24) is 0 Å². The van der Waals surface area contributed by atoms with Crippen LogP contribution in [0.3, 0.4) is 0 Å². The van der Waals surface area contributed by atoms with E-state index in [1.54, 1.807) is 6.92 Å². The van der Waals surface area contributed by atoms with E-state index in [-0.39, 0.29) is 12.1 Å². The molecule has 0 aliphatic carbocycles. The van der Waals surface area contributed by atoms with Crippen molar-refractivity contribution < 1.29 is 9.53 Å². The fourth-order valence-electron chi connectivity index (χ4n) is 1.19. The molecular formula is C9H14O2. The topological polar surface area (TPSA) is 26.3 Å². The van der Waals surface area contributed by atoms with Gasteiger partial charge in [0.25, 0.3) is 0 Å². The van der Waals surface area contributed by atoms with Crippen molar-refractivity contribution in [2.24, 2.45) is 5.92 Å². The molecule has 11 heavy (non-hydrogen) atoms. The zero-order chi connectivity index (χ0) is 8.43. The first-order valence-electron chi connectivity index (χ1n) is 3.99. The summed E-state index contributed by atoms with van der Waals surface area (Å²) < 4.78 is 5.05. The van der Waals surface area contributed by atoms with Gasteiger partial charge in [-0.15, -0.1) is 0 Å². The van der Waals surface area contributed by atoms with Crippen molar-refractivity contribution in [2.45, 2.75) is 33.3 Å². The molecule has 0 saturated heterocycles. The third-order valence-electron chi connectivity index (χ3n) is 1.72. The molecule has 0 bridgehead atoms. The van der Waals surface area contributed by atoms with E-state index in [0.717, 1.165) is 12.0 Å². The van der Waals surface area contributed by atoms with E-state index in [0.29, 0.717) is 5.92 Å². The molecule has 0 amide bonds. The van der Waals surface area contributed by atoms with E-state index < -0.39 is 0 Å². The minimum Gasteiger partial charge on any atom is -0.455 e. The lowest BCUT2D eigenvalue weighted by Crippen LogP contribution is -2.10. The van der Waals surface area contributed by atoms with Crippen LogP contribution in [0.2, 0.25) is 0 Å². The predicted octanol–water partition coefficient (Wildman–Crippen LogP) is 1.90. The molecule has 1 atom stereocenters. The lowest BCUT2D eigenvalue weighted by atomic mass is 10.1. The van der Waals surface area contributed by atoms with Gasteiger partial charge in [-0.2, -0.15) is 0 Å². The van der Waals surface area contributed by atoms with E-state index in [1.165, 1.54) is 0 Å². The van der Waals surface area contributed by atoms with E-state index in [4.69, 9.17) is 4.74 Å². The summed E-state index contributed by atoms with van der Waals surface area (Å²) in [6, 6.07) is 0. The Labute approximate surface area is 67.2 Å². The molecule has 0 aromatic rings. The molecule has 0 saturated carbocycles. The Morgan fingerprint density at radius 3 is 2.64 bits per heavy atom. The number of esters is 1. The van der Waals surface area contributed by atoms with Crippen molar-refractivity contribution in [1.29, 1.82) is 0 Å². The van der Waals surface area contributed by atoms with Crippen LogP contribution in [-0.2, 0) is 9.53 Å². The SMILES string of the molecule is CC1=CC(CC(C)C)OC1=O. The van der Waals surface area contributed by atoms with E-state index >= 15 is 0 Å². The number of rotatable bonds is 2. The van der Waals surface area contributed by atoms with Crippen LogP contribution < -0.4 is 0 Å². The number of hydrogen-bond donors (Lipinski definition) is 0. The average molecular weight is 154 g/mol. The Balaban J connectivity index is 2.47. The van der Waals surface area contributed by atoms with Gasteiger partial charge in [-0.3, -0.25) is 0 Å². The summed E-state index contributed by atoms with van der Waals surface area (Å²) in [6.07, 6.45) is 2.87. The van der Waals surface area contributed by atoms with Crippen LogP contribution in [0.15, 0.2) is 11.6 Å².